The van der Waals surface area contributed by atoms with E-state index in [1.165, 1.54) is 11.1 Å². The van der Waals surface area contributed by atoms with E-state index in [1.807, 2.05) is 6.07 Å². The Balaban J connectivity index is 2.78. The lowest BCUT2D eigenvalue weighted by atomic mass is 9.98. The molecule has 1 aromatic rings. The molecule has 0 spiro atoms. The Hall–Kier alpha value is -1.09. The lowest BCUT2D eigenvalue weighted by Crippen LogP contribution is -2.23. The highest BCUT2D eigenvalue weighted by molar-refractivity contribution is 7.80. The molecule has 0 bridgehead atoms. The number of hydrogen-bond acceptors (Lipinski definition) is 2. The fourth-order valence-corrected chi connectivity index (χ4v) is 2.24. The summed E-state index contributed by atoms with van der Waals surface area (Å²) in [5.74, 6) is 1.44. The van der Waals surface area contributed by atoms with Crippen LogP contribution in [-0.4, -0.2) is 11.1 Å². The summed E-state index contributed by atoms with van der Waals surface area (Å²) in [5, 5.41) is 0. The molecule has 1 aromatic carbocycles. The predicted molar refractivity (Wildman–Crippen MR) is 81.4 cm³/mol. The fourth-order valence-electron chi connectivity index (χ4n) is 2.06. The quantitative estimate of drug-likeness (QED) is 0.791. The van der Waals surface area contributed by atoms with E-state index >= 15 is 0 Å². The van der Waals surface area contributed by atoms with Gasteiger partial charge in [0.25, 0.3) is 0 Å². The normalized spacial score (nSPS) is 12.5. The van der Waals surface area contributed by atoms with E-state index in [0.717, 1.165) is 12.2 Å². The first-order chi connectivity index (χ1) is 8.43. The van der Waals surface area contributed by atoms with Gasteiger partial charge in [-0.15, -0.1) is 0 Å². The number of aryl methyl sites for hydroxylation is 1. The van der Waals surface area contributed by atoms with E-state index in [9.17, 15) is 0 Å². The summed E-state index contributed by atoms with van der Waals surface area (Å²) >= 11 is 4.93. The number of hydrogen-bond donors (Lipinski definition) is 1. The van der Waals surface area contributed by atoms with E-state index < -0.39 is 0 Å². The van der Waals surface area contributed by atoms with Crippen molar-refractivity contribution in [2.45, 2.75) is 52.6 Å². The molecular weight excluding hydrogens is 242 g/mol. The van der Waals surface area contributed by atoms with Crippen molar-refractivity contribution in [1.29, 1.82) is 0 Å². The van der Waals surface area contributed by atoms with Crippen LogP contribution in [-0.2, 0) is 0 Å². The molecule has 0 aromatic heterocycles. The van der Waals surface area contributed by atoms with Gasteiger partial charge >= 0.3 is 0 Å². The summed E-state index contributed by atoms with van der Waals surface area (Å²) < 4.78 is 5.92. The molecule has 0 heterocycles. The average molecular weight is 265 g/mol. The van der Waals surface area contributed by atoms with Crippen LogP contribution in [0.2, 0.25) is 0 Å². The third-order valence-corrected chi connectivity index (χ3v) is 3.22. The Labute approximate surface area is 116 Å². The van der Waals surface area contributed by atoms with Gasteiger partial charge in [0, 0.05) is 6.42 Å². The largest absolute Gasteiger partial charge is 0.490 e. The summed E-state index contributed by atoms with van der Waals surface area (Å²) in [5.41, 5.74) is 8.20. The van der Waals surface area contributed by atoms with E-state index in [4.69, 9.17) is 22.7 Å². The van der Waals surface area contributed by atoms with Crippen molar-refractivity contribution in [2.24, 2.45) is 5.73 Å². The van der Waals surface area contributed by atoms with Crippen LogP contribution in [0.3, 0.4) is 0 Å². The molecule has 0 radical (unpaired) electrons. The molecule has 100 valence electrons. The smallest absolute Gasteiger partial charge is 0.120 e. The van der Waals surface area contributed by atoms with Crippen molar-refractivity contribution in [3.05, 3.63) is 29.3 Å². The molecule has 3 heteroatoms. The maximum absolute atomic E-state index is 5.92. The molecule has 0 aliphatic rings. The van der Waals surface area contributed by atoms with Gasteiger partial charge < -0.3 is 10.5 Å². The van der Waals surface area contributed by atoms with Gasteiger partial charge in [-0.3, -0.25) is 0 Å². The molecule has 0 fully saturated rings. The van der Waals surface area contributed by atoms with E-state index in [2.05, 4.69) is 39.8 Å². The highest BCUT2D eigenvalue weighted by Gasteiger charge is 2.11. The average Bonchev–Trinajstić information content (AvgIpc) is 2.27. The van der Waals surface area contributed by atoms with Crippen molar-refractivity contribution in [3.63, 3.8) is 0 Å². The monoisotopic (exact) mass is 265 g/mol. The summed E-state index contributed by atoms with van der Waals surface area (Å²) in [6, 6.07) is 6.27. The zero-order chi connectivity index (χ0) is 13.7. The van der Waals surface area contributed by atoms with Crippen LogP contribution in [0.25, 0.3) is 0 Å². The number of nitrogens with two attached hydrogens (primary N) is 1. The van der Waals surface area contributed by atoms with Crippen molar-refractivity contribution in [1.82, 2.24) is 0 Å². The first-order valence-corrected chi connectivity index (χ1v) is 6.90. The molecule has 18 heavy (non-hydrogen) atoms. The maximum atomic E-state index is 5.92. The summed E-state index contributed by atoms with van der Waals surface area (Å²) in [6.07, 6.45) is 1.62. The highest BCUT2D eigenvalue weighted by Crippen LogP contribution is 2.24. The van der Waals surface area contributed by atoms with Gasteiger partial charge in [-0.1, -0.05) is 39.1 Å². The third kappa shape index (κ3) is 4.30. The Kier molecular flexibility index (Phi) is 5.60. The minimum Gasteiger partial charge on any atom is -0.490 e. The van der Waals surface area contributed by atoms with Crippen LogP contribution < -0.4 is 10.5 Å². The maximum Gasteiger partial charge on any atom is 0.120 e. The fraction of sp³-hybridized carbons (Fsp3) is 0.533. The van der Waals surface area contributed by atoms with Crippen LogP contribution in [0.4, 0.5) is 0 Å². The molecule has 2 nitrogen and oxygen atoms in total. The molecular formula is C15H23NOS. The van der Waals surface area contributed by atoms with Gasteiger partial charge in [0.2, 0.25) is 0 Å². The standard InChI is InChI=1S/C15H23NOS/c1-5-12(9-15(16)18)17-13-6-7-14(10(2)3)11(4)8-13/h6-8,10,12H,5,9H2,1-4H3,(H2,16,18). The van der Waals surface area contributed by atoms with Gasteiger partial charge in [0.1, 0.15) is 11.9 Å². The molecule has 2 N–H and O–H groups in total. The number of rotatable bonds is 6. The minimum atomic E-state index is 0.0757. The van der Waals surface area contributed by atoms with Crippen LogP contribution in [0.1, 0.15) is 50.7 Å². The first-order valence-electron chi connectivity index (χ1n) is 6.49. The second kappa shape index (κ2) is 6.74. The molecule has 0 aliphatic heterocycles. The molecule has 0 saturated carbocycles. The van der Waals surface area contributed by atoms with Crippen LogP contribution in [0.5, 0.6) is 5.75 Å². The topological polar surface area (TPSA) is 35.2 Å². The number of thiocarbonyl (C=S) groups is 1. The molecule has 1 rings (SSSR count). The van der Waals surface area contributed by atoms with Crippen LogP contribution in [0.15, 0.2) is 18.2 Å². The van der Waals surface area contributed by atoms with Gasteiger partial charge in [-0.25, -0.2) is 0 Å². The van der Waals surface area contributed by atoms with E-state index in [0.29, 0.717) is 17.3 Å². The highest BCUT2D eigenvalue weighted by atomic mass is 32.1. The minimum absolute atomic E-state index is 0.0757. The van der Waals surface area contributed by atoms with Crippen molar-refractivity contribution in [2.75, 3.05) is 0 Å². The molecule has 0 aliphatic carbocycles. The van der Waals surface area contributed by atoms with Crippen LogP contribution >= 0.6 is 12.2 Å². The molecule has 1 unspecified atom stereocenters. The van der Waals surface area contributed by atoms with Gasteiger partial charge in [0.15, 0.2) is 0 Å². The zero-order valence-corrected chi connectivity index (χ0v) is 12.5. The van der Waals surface area contributed by atoms with Gasteiger partial charge in [0.05, 0.1) is 4.99 Å². The second-order valence-corrected chi connectivity index (χ2v) is 5.52. The molecule has 1 atom stereocenters. The SMILES string of the molecule is CCC(CC(N)=S)Oc1ccc(C(C)C)c(C)c1. The molecule has 0 saturated heterocycles. The summed E-state index contributed by atoms with van der Waals surface area (Å²) in [7, 11) is 0. The van der Waals surface area contributed by atoms with Crippen molar-refractivity contribution < 1.29 is 4.74 Å². The zero-order valence-electron chi connectivity index (χ0n) is 11.7. The second-order valence-electron chi connectivity index (χ2n) is 4.99. The van der Waals surface area contributed by atoms with E-state index in [1.54, 1.807) is 0 Å². The Morgan fingerprint density at radius 2 is 2.06 bits per heavy atom. The molecule has 0 amide bonds. The van der Waals surface area contributed by atoms with Crippen molar-refractivity contribution in [3.8, 4) is 5.75 Å². The predicted octanol–water partition coefficient (Wildman–Crippen LogP) is 3.95. The van der Waals surface area contributed by atoms with Crippen LogP contribution in [0, 0.1) is 6.92 Å². The Bertz CT molecular complexity index is 415. The lowest BCUT2D eigenvalue weighted by molar-refractivity contribution is 0.205. The van der Waals surface area contributed by atoms with Gasteiger partial charge in [-0.05, 0) is 42.5 Å². The Morgan fingerprint density at radius 1 is 1.39 bits per heavy atom. The number of ether oxygens (including phenoxy) is 1. The number of benzene rings is 1. The third-order valence-electron chi connectivity index (χ3n) is 3.05. The first kappa shape index (κ1) is 15.0. The summed E-state index contributed by atoms with van der Waals surface area (Å²) in [4.78, 5) is 0.511. The lowest BCUT2D eigenvalue weighted by Gasteiger charge is -2.18. The Morgan fingerprint density at radius 3 is 2.50 bits per heavy atom. The van der Waals surface area contributed by atoms with Gasteiger partial charge in [-0.2, -0.15) is 0 Å². The summed E-state index contributed by atoms with van der Waals surface area (Å²) in [6.45, 7) is 8.60. The van der Waals surface area contributed by atoms with E-state index in [-0.39, 0.29) is 6.10 Å². The van der Waals surface area contributed by atoms with Crippen molar-refractivity contribution >= 4 is 17.2 Å².